The molecule has 0 aliphatic heterocycles. The molecule has 17 heavy (non-hydrogen) atoms. The molecule has 0 saturated heterocycles. The molecule has 2 rings (SSSR count). The fraction of sp³-hybridized carbons (Fsp3) is 0.364. The summed E-state index contributed by atoms with van der Waals surface area (Å²) < 4.78 is 9.68. The molecule has 0 unspecified atom stereocenters. The quantitative estimate of drug-likeness (QED) is 0.783. The van der Waals surface area contributed by atoms with Crippen LogP contribution in [0.15, 0.2) is 9.90 Å². The molecule has 0 amide bonds. The van der Waals surface area contributed by atoms with Crippen LogP contribution in [0, 0.1) is 13.8 Å². The molecular formula is C11H12N2O3S. The lowest BCUT2D eigenvalue weighted by Crippen LogP contribution is -2.04. The number of ether oxygens (including phenoxy) is 1. The van der Waals surface area contributed by atoms with Crippen molar-refractivity contribution in [3.8, 4) is 10.6 Å². The number of thiazole rings is 1. The molecule has 0 aliphatic carbocycles. The summed E-state index contributed by atoms with van der Waals surface area (Å²) in [6, 6.07) is 0. The Kier molecular flexibility index (Phi) is 3.23. The maximum absolute atomic E-state index is 11.1. The second-order valence-electron chi connectivity index (χ2n) is 3.60. The molecule has 0 fully saturated rings. The predicted molar refractivity (Wildman–Crippen MR) is 62.8 cm³/mol. The number of aromatic nitrogens is 2. The van der Waals surface area contributed by atoms with E-state index in [0.717, 1.165) is 22.0 Å². The second kappa shape index (κ2) is 4.67. The van der Waals surface area contributed by atoms with Gasteiger partial charge in [0.25, 0.3) is 0 Å². The van der Waals surface area contributed by atoms with Crippen LogP contribution >= 0.6 is 11.3 Å². The molecule has 0 atom stereocenters. The maximum atomic E-state index is 11.1. The van der Waals surface area contributed by atoms with Gasteiger partial charge in [-0.05, 0) is 13.8 Å². The summed E-state index contributed by atoms with van der Waals surface area (Å²) in [5, 5.41) is 6.54. The first kappa shape index (κ1) is 11.8. The summed E-state index contributed by atoms with van der Waals surface area (Å²) in [6.45, 7) is 3.71. The van der Waals surface area contributed by atoms with Crippen LogP contribution in [0.3, 0.4) is 0 Å². The zero-order chi connectivity index (χ0) is 12.4. The van der Waals surface area contributed by atoms with E-state index in [9.17, 15) is 4.79 Å². The van der Waals surface area contributed by atoms with Crippen molar-refractivity contribution in [1.82, 2.24) is 10.1 Å². The smallest absolute Gasteiger partial charge is 0.311 e. The number of methoxy groups -OCH3 is 1. The maximum Gasteiger partial charge on any atom is 0.311 e. The molecule has 0 aromatic carbocycles. The Morgan fingerprint density at radius 2 is 2.29 bits per heavy atom. The summed E-state index contributed by atoms with van der Waals surface area (Å²) in [4.78, 5) is 15.5. The average Bonchev–Trinajstić information content (AvgIpc) is 2.86. The van der Waals surface area contributed by atoms with E-state index in [0.29, 0.717) is 5.69 Å². The van der Waals surface area contributed by atoms with E-state index < -0.39 is 0 Å². The first-order chi connectivity index (χ1) is 8.11. The normalized spacial score (nSPS) is 10.5. The van der Waals surface area contributed by atoms with E-state index in [-0.39, 0.29) is 12.4 Å². The third kappa shape index (κ3) is 2.36. The van der Waals surface area contributed by atoms with Gasteiger partial charge in [-0.2, -0.15) is 0 Å². The summed E-state index contributed by atoms with van der Waals surface area (Å²) in [6.07, 6.45) is 0.191. The summed E-state index contributed by atoms with van der Waals surface area (Å²) in [7, 11) is 1.36. The van der Waals surface area contributed by atoms with Gasteiger partial charge in [0.15, 0.2) is 0 Å². The number of hydrogen-bond donors (Lipinski definition) is 0. The largest absolute Gasteiger partial charge is 0.469 e. The molecule has 0 N–H and O–H groups in total. The van der Waals surface area contributed by atoms with Gasteiger partial charge in [-0.1, -0.05) is 5.16 Å². The van der Waals surface area contributed by atoms with Crippen molar-refractivity contribution in [3.63, 3.8) is 0 Å². The Morgan fingerprint density at radius 3 is 2.88 bits per heavy atom. The van der Waals surface area contributed by atoms with Crippen LogP contribution in [-0.2, 0) is 16.0 Å². The number of carbonyl (C=O) groups excluding carboxylic acids is 1. The van der Waals surface area contributed by atoms with Crippen LogP contribution in [0.1, 0.15) is 17.1 Å². The number of aryl methyl sites for hydroxylation is 2. The topological polar surface area (TPSA) is 65.2 Å². The van der Waals surface area contributed by atoms with Crippen LogP contribution in [0.25, 0.3) is 10.6 Å². The van der Waals surface area contributed by atoms with Gasteiger partial charge in [0.1, 0.15) is 10.8 Å². The highest BCUT2D eigenvalue weighted by molar-refractivity contribution is 7.13. The Hall–Kier alpha value is -1.69. The van der Waals surface area contributed by atoms with Gasteiger partial charge >= 0.3 is 5.97 Å². The zero-order valence-corrected chi connectivity index (χ0v) is 10.6. The van der Waals surface area contributed by atoms with Crippen molar-refractivity contribution in [3.05, 3.63) is 22.5 Å². The number of rotatable bonds is 3. The third-order valence-corrected chi connectivity index (χ3v) is 3.26. The van der Waals surface area contributed by atoms with Gasteiger partial charge < -0.3 is 9.26 Å². The van der Waals surface area contributed by atoms with E-state index in [2.05, 4.69) is 14.9 Å². The molecule has 2 aromatic heterocycles. The number of hydrogen-bond acceptors (Lipinski definition) is 6. The van der Waals surface area contributed by atoms with Crippen molar-refractivity contribution in [2.24, 2.45) is 0 Å². The van der Waals surface area contributed by atoms with Crippen molar-refractivity contribution in [2.75, 3.05) is 7.11 Å². The molecule has 0 aliphatic rings. The van der Waals surface area contributed by atoms with E-state index in [1.165, 1.54) is 18.4 Å². The van der Waals surface area contributed by atoms with E-state index in [1.807, 2.05) is 19.2 Å². The Labute approximate surface area is 102 Å². The monoisotopic (exact) mass is 252 g/mol. The minimum Gasteiger partial charge on any atom is -0.469 e. The third-order valence-electron chi connectivity index (χ3n) is 2.35. The summed E-state index contributed by atoms with van der Waals surface area (Å²) in [5.74, 6) is 0.446. The van der Waals surface area contributed by atoms with Gasteiger partial charge in [-0.15, -0.1) is 11.3 Å². The number of nitrogens with zero attached hydrogens (tertiary/aromatic N) is 2. The van der Waals surface area contributed by atoms with E-state index in [1.54, 1.807) is 0 Å². The lowest BCUT2D eigenvalue weighted by Gasteiger charge is -1.95. The van der Waals surface area contributed by atoms with Crippen molar-refractivity contribution in [1.29, 1.82) is 0 Å². The fourth-order valence-electron chi connectivity index (χ4n) is 1.51. The minimum atomic E-state index is -0.291. The number of esters is 1. The molecule has 0 radical (unpaired) electrons. The van der Waals surface area contributed by atoms with Crippen LogP contribution in [0.5, 0.6) is 0 Å². The fourth-order valence-corrected chi connectivity index (χ4v) is 2.47. The molecule has 2 heterocycles. The molecule has 0 saturated carbocycles. The zero-order valence-electron chi connectivity index (χ0n) is 9.81. The molecule has 2 aromatic rings. The molecular weight excluding hydrogens is 240 g/mol. The highest BCUT2D eigenvalue weighted by atomic mass is 32.1. The molecule has 90 valence electrons. The van der Waals surface area contributed by atoms with Crippen LogP contribution < -0.4 is 0 Å². The highest BCUT2D eigenvalue weighted by Crippen LogP contribution is 2.29. The average molecular weight is 252 g/mol. The molecule has 5 nitrogen and oxygen atoms in total. The molecule has 6 heteroatoms. The van der Waals surface area contributed by atoms with Crippen LogP contribution in [-0.4, -0.2) is 23.2 Å². The van der Waals surface area contributed by atoms with Gasteiger partial charge in [0.05, 0.1) is 30.5 Å². The summed E-state index contributed by atoms with van der Waals surface area (Å²) >= 11 is 1.47. The number of carbonyl (C=O) groups is 1. The summed E-state index contributed by atoms with van der Waals surface area (Å²) in [5.41, 5.74) is 2.42. The van der Waals surface area contributed by atoms with E-state index >= 15 is 0 Å². The highest BCUT2D eigenvalue weighted by Gasteiger charge is 2.16. The Bertz CT molecular complexity index is 525. The molecule has 0 bridgehead atoms. The van der Waals surface area contributed by atoms with E-state index in [4.69, 9.17) is 4.52 Å². The van der Waals surface area contributed by atoms with Crippen LogP contribution in [0.2, 0.25) is 0 Å². The second-order valence-corrected chi connectivity index (χ2v) is 4.45. The Morgan fingerprint density at radius 1 is 1.53 bits per heavy atom. The van der Waals surface area contributed by atoms with Crippen molar-refractivity contribution < 1.29 is 14.1 Å². The SMILES string of the molecule is COC(=O)Cc1csc(-c2c(C)noc2C)n1. The minimum absolute atomic E-state index is 0.191. The van der Waals surface area contributed by atoms with Gasteiger partial charge in [-0.3, -0.25) is 4.79 Å². The molecule has 0 spiro atoms. The van der Waals surface area contributed by atoms with Crippen molar-refractivity contribution in [2.45, 2.75) is 20.3 Å². The predicted octanol–water partition coefficient (Wildman–Crippen LogP) is 2.13. The first-order valence-electron chi connectivity index (χ1n) is 5.06. The first-order valence-corrected chi connectivity index (χ1v) is 5.94. The Balaban J connectivity index is 2.27. The van der Waals surface area contributed by atoms with Crippen molar-refractivity contribution >= 4 is 17.3 Å². The van der Waals surface area contributed by atoms with Crippen LogP contribution in [0.4, 0.5) is 0 Å². The van der Waals surface area contributed by atoms with Gasteiger partial charge in [0.2, 0.25) is 0 Å². The lowest BCUT2D eigenvalue weighted by molar-refractivity contribution is -0.139. The van der Waals surface area contributed by atoms with Gasteiger partial charge in [0, 0.05) is 5.38 Å². The van der Waals surface area contributed by atoms with Gasteiger partial charge in [-0.25, -0.2) is 4.98 Å². The lowest BCUT2D eigenvalue weighted by atomic mass is 10.2. The standard InChI is InChI=1S/C11H12N2O3S/c1-6-10(7(2)16-13-6)11-12-8(5-17-11)4-9(14)15-3/h5H,4H2,1-3H3.